The van der Waals surface area contributed by atoms with Gasteiger partial charge in [0, 0.05) is 4.47 Å². The molecule has 0 aromatic heterocycles. The van der Waals surface area contributed by atoms with Crippen LogP contribution in [-0.4, -0.2) is 25.9 Å². The summed E-state index contributed by atoms with van der Waals surface area (Å²) in [6.07, 6.45) is 0. The number of sulfone groups is 1. The zero-order chi connectivity index (χ0) is 12.2. The lowest BCUT2D eigenvalue weighted by molar-refractivity contribution is -0.756. The lowest BCUT2D eigenvalue weighted by atomic mass is 10.4. The molecule has 0 atom stereocenters. The number of benzene rings is 1. The Morgan fingerprint density at radius 2 is 1.88 bits per heavy atom. The zero-order valence-corrected chi connectivity index (χ0v) is 10.4. The Hall–Kier alpha value is -1.15. The highest BCUT2D eigenvalue weighted by Crippen LogP contribution is 2.15. The summed E-state index contributed by atoms with van der Waals surface area (Å²) < 4.78 is 24.0. The van der Waals surface area contributed by atoms with E-state index in [4.69, 9.17) is 0 Å². The summed E-state index contributed by atoms with van der Waals surface area (Å²) >= 11 is 3.18. The van der Waals surface area contributed by atoms with Gasteiger partial charge >= 0.3 is 0 Å². The van der Waals surface area contributed by atoms with Crippen molar-refractivity contribution in [3.63, 3.8) is 0 Å². The number of rotatable bonds is 5. The van der Waals surface area contributed by atoms with E-state index in [2.05, 4.69) is 20.8 Å². The van der Waals surface area contributed by atoms with Crippen molar-refractivity contribution >= 4 is 25.8 Å². The first-order valence-corrected chi connectivity index (χ1v) is 6.62. The van der Waals surface area contributed by atoms with Crippen LogP contribution >= 0.6 is 15.9 Å². The molecule has 0 unspecified atom stereocenters. The zero-order valence-electron chi connectivity index (χ0n) is 8.00. The summed E-state index contributed by atoms with van der Waals surface area (Å²) in [6, 6.07) is 6.01. The normalized spacial score (nSPS) is 11.1. The second kappa shape index (κ2) is 5.26. The van der Waals surface area contributed by atoms with E-state index in [-0.39, 0.29) is 4.90 Å². The highest BCUT2D eigenvalue weighted by atomic mass is 79.9. The summed E-state index contributed by atoms with van der Waals surface area (Å²) in [5.41, 5.74) is 0. The predicted molar refractivity (Wildman–Crippen MR) is 59.1 cm³/mol. The molecule has 0 aliphatic carbocycles. The SMILES string of the molecule is O=[N+]([O-])OCCS(=O)(=O)c1ccc(Br)cc1. The predicted octanol–water partition coefficient (Wildman–Crippen LogP) is 1.43. The molecule has 88 valence electrons. The van der Waals surface area contributed by atoms with E-state index in [9.17, 15) is 18.5 Å². The minimum atomic E-state index is -3.52. The average molecular weight is 310 g/mol. The molecule has 0 amide bonds. The fourth-order valence-corrected chi connectivity index (χ4v) is 2.33. The largest absolute Gasteiger partial charge is 0.313 e. The molecule has 0 saturated carbocycles. The van der Waals surface area contributed by atoms with Crippen LogP contribution in [0.5, 0.6) is 0 Å². The summed E-state index contributed by atoms with van der Waals surface area (Å²) in [7, 11) is -3.52. The van der Waals surface area contributed by atoms with Gasteiger partial charge in [-0.15, -0.1) is 10.1 Å². The highest BCUT2D eigenvalue weighted by molar-refractivity contribution is 9.10. The topological polar surface area (TPSA) is 86.5 Å². The van der Waals surface area contributed by atoms with Crippen LogP contribution in [0.4, 0.5) is 0 Å². The Bertz CT molecular complexity index is 470. The molecule has 1 rings (SSSR count). The van der Waals surface area contributed by atoms with Gasteiger partial charge in [-0.2, -0.15) is 0 Å². The average Bonchev–Trinajstić information content (AvgIpc) is 2.17. The molecule has 0 bridgehead atoms. The van der Waals surface area contributed by atoms with Gasteiger partial charge < -0.3 is 4.84 Å². The molecule has 1 aromatic rings. The van der Waals surface area contributed by atoms with Crippen molar-refractivity contribution in [2.45, 2.75) is 4.90 Å². The number of hydrogen-bond acceptors (Lipinski definition) is 5. The van der Waals surface area contributed by atoms with Gasteiger partial charge in [0.15, 0.2) is 9.84 Å². The first kappa shape index (κ1) is 12.9. The Kier molecular flexibility index (Phi) is 4.25. The van der Waals surface area contributed by atoms with Crippen LogP contribution in [0.25, 0.3) is 0 Å². The summed E-state index contributed by atoms with van der Waals surface area (Å²) in [4.78, 5) is 13.9. The van der Waals surface area contributed by atoms with Crippen molar-refractivity contribution in [1.82, 2.24) is 0 Å². The molecule has 0 saturated heterocycles. The summed E-state index contributed by atoms with van der Waals surface area (Å²) in [5, 5.41) is 8.83. The smallest absolute Gasteiger partial charge is 0.294 e. The van der Waals surface area contributed by atoms with Crippen molar-refractivity contribution in [2.75, 3.05) is 12.4 Å². The van der Waals surface area contributed by atoms with E-state index in [0.717, 1.165) is 4.47 Å². The lowest BCUT2D eigenvalue weighted by Gasteiger charge is -2.03. The first-order valence-electron chi connectivity index (χ1n) is 4.17. The van der Waals surface area contributed by atoms with Gasteiger partial charge in [-0.25, -0.2) is 8.42 Å². The van der Waals surface area contributed by atoms with Crippen molar-refractivity contribution < 1.29 is 18.3 Å². The van der Waals surface area contributed by atoms with Gasteiger partial charge in [0.1, 0.15) is 6.61 Å². The second-order valence-electron chi connectivity index (χ2n) is 2.83. The molecular weight excluding hydrogens is 302 g/mol. The van der Waals surface area contributed by atoms with Gasteiger partial charge in [0.05, 0.1) is 10.6 Å². The standard InChI is InChI=1S/C8H8BrNO5S/c9-7-1-3-8(4-2-7)16(13,14)6-5-15-10(11)12/h1-4H,5-6H2. The molecule has 0 heterocycles. The van der Waals surface area contributed by atoms with Crippen molar-refractivity contribution in [1.29, 1.82) is 0 Å². The van der Waals surface area contributed by atoms with Crippen LogP contribution in [-0.2, 0) is 14.7 Å². The van der Waals surface area contributed by atoms with Crippen molar-refractivity contribution in [2.24, 2.45) is 0 Å². The Balaban J connectivity index is 2.71. The van der Waals surface area contributed by atoms with Gasteiger partial charge in [0.25, 0.3) is 5.09 Å². The van der Waals surface area contributed by atoms with E-state index in [1.165, 1.54) is 12.1 Å². The maximum atomic E-state index is 11.6. The van der Waals surface area contributed by atoms with E-state index in [1.54, 1.807) is 12.1 Å². The molecule has 6 nitrogen and oxygen atoms in total. The number of hydrogen-bond donors (Lipinski definition) is 0. The van der Waals surface area contributed by atoms with E-state index in [1.807, 2.05) is 0 Å². The van der Waals surface area contributed by atoms with E-state index in [0.29, 0.717) is 0 Å². The molecule has 16 heavy (non-hydrogen) atoms. The minimum Gasteiger partial charge on any atom is -0.313 e. The molecule has 0 N–H and O–H groups in total. The quantitative estimate of drug-likeness (QED) is 0.606. The van der Waals surface area contributed by atoms with Crippen molar-refractivity contribution in [3.8, 4) is 0 Å². The fourth-order valence-electron chi connectivity index (χ4n) is 0.981. The Labute approximate surface area is 100 Å². The molecule has 0 fully saturated rings. The second-order valence-corrected chi connectivity index (χ2v) is 5.85. The van der Waals surface area contributed by atoms with E-state index < -0.39 is 27.3 Å². The minimum absolute atomic E-state index is 0.114. The van der Waals surface area contributed by atoms with Crippen LogP contribution in [0, 0.1) is 10.1 Å². The fraction of sp³-hybridized carbons (Fsp3) is 0.250. The van der Waals surface area contributed by atoms with Gasteiger partial charge in [-0.05, 0) is 24.3 Å². The monoisotopic (exact) mass is 309 g/mol. The molecule has 0 spiro atoms. The maximum absolute atomic E-state index is 11.6. The summed E-state index contributed by atoms with van der Waals surface area (Å²) in [6.45, 7) is -0.467. The van der Waals surface area contributed by atoms with Crippen LogP contribution in [0.3, 0.4) is 0 Å². The Morgan fingerprint density at radius 3 is 2.38 bits per heavy atom. The van der Waals surface area contributed by atoms with Crippen molar-refractivity contribution in [3.05, 3.63) is 38.9 Å². The van der Waals surface area contributed by atoms with Crippen LogP contribution < -0.4 is 0 Å². The molecule has 0 aliphatic heterocycles. The highest BCUT2D eigenvalue weighted by Gasteiger charge is 2.14. The third kappa shape index (κ3) is 3.78. The number of halogens is 1. The maximum Gasteiger partial charge on any atom is 0.294 e. The van der Waals surface area contributed by atoms with Gasteiger partial charge in [-0.3, -0.25) is 0 Å². The van der Waals surface area contributed by atoms with Gasteiger partial charge in [-0.1, -0.05) is 15.9 Å². The van der Waals surface area contributed by atoms with Gasteiger partial charge in [0.2, 0.25) is 0 Å². The third-order valence-corrected chi connectivity index (χ3v) is 3.94. The number of nitrogens with zero attached hydrogens (tertiary/aromatic N) is 1. The van der Waals surface area contributed by atoms with Crippen LogP contribution in [0.15, 0.2) is 33.6 Å². The molecule has 0 radical (unpaired) electrons. The lowest BCUT2D eigenvalue weighted by Crippen LogP contribution is -2.14. The first-order chi connectivity index (χ1) is 7.42. The Morgan fingerprint density at radius 1 is 1.31 bits per heavy atom. The van der Waals surface area contributed by atoms with Crippen LogP contribution in [0.2, 0.25) is 0 Å². The van der Waals surface area contributed by atoms with E-state index >= 15 is 0 Å². The molecular formula is C8H8BrNO5S. The van der Waals surface area contributed by atoms with Crippen LogP contribution in [0.1, 0.15) is 0 Å². The molecule has 8 heteroatoms. The molecule has 0 aliphatic rings. The third-order valence-electron chi connectivity index (χ3n) is 1.72. The summed E-state index contributed by atoms with van der Waals surface area (Å²) in [5.74, 6) is -0.421. The molecule has 1 aromatic carbocycles.